The van der Waals surface area contributed by atoms with Crippen molar-refractivity contribution < 1.29 is 17.9 Å². The standard InChI is InChI=1S/C27H23ClN4O4S/c28-23-8-6-7-22(17-23)20-36-24-14-12-21(13-15-24)18-30-31-27(33)19-32(26-11-4-5-16-29-26)37(34,35)25-9-2-1-3-10-25/h1-18H,19-20H2,(H,31,33)/b30-18-. The van der Waals surface area contributed by atoms with Gasteiger partial charge in [0.25, 0.3) is 15.9 Å². The lowest BCUT2D eigenvalue weighted by molar-refractivity contribution is -0.119. The van der Waals surface area contributed by atoms with Crippen molar-refractivity contribution in [1.82, 2.24) is 10.4 Å². The maximum atomic E-state index is 13.2. The van der Waals surface area contributed by atoms with Gasteiger partial charge in [0.05, 0.1) is 11.1 Å². The van der Waals surface area contributed by atoms with E-state index in [1.807, 2.05) is 18.2 Å². The van der Waals surface area contributed by atoms with Gasteiger partial charge >= 0.3 is 0 Å². The van der Waals surface area contributed by atoms with Crippen LogP contribution in [0.25, 0.3) is 0 Å². The van der Waals surface area contributed by atoms with Crippen molar-refractivity contribution in [3.05, 3.63) is 119 Å². The number of halogens is 1. The molecule has 4 aromatic rings. The molecule has 0 aliphatic rings. The van der Waals surface area contributed by atoms with Gasteiger partial charge < -0.3 is 4.74 Å². The molecule has 0 spiro atoms. The number of rotatable bonds is 10. The van der Waals surface area contributed by atoms with E-state index in [0.29, 0.717) is 22.9 Å². The van der Waals surface area contributed by atoms with Crippen LogP contribution in [0.3, 0.4) is 0 Å². The fourth-order valence-corrected chi connectivity index (χ4v) is 4.91. The average molecular weight is 535 g/mol. The van der Waals surface area contributed by atoms with Crippen molar-refractivity contribution >= 4 is 39.6 Å². The number of anilines is 1. The van der Waals surface area contributed by atoms with Crippen molar-refractivity contribution in [2.24, 2.45) is 5.10 Å². The fourth-order valence-electron chi connectivity index (χ4n) is 3.30. The van der Waals surface area contributed by atoms with Crippen LogP contribution in [0.4, 0.5) is 5.82 Å². The molecular formula is C27H23ClN4O4S. The minimum atomic E-state index is -4.02. The van der Waals surface area contributed by atoms with Crippen LogP contribution in [-0.4, -0.2) is 32.1 Å². The molecule has 4 rings (SSSR count). The van der Waals surface area contributed by atoms with Crippen LogP contribution < -0.4 is 14.5 Å². The van der Waals surface area contributed by atoms with Gasteiger partial charge in [-0.1, -0.05) is 48.0 Å². The zero-order chi connectivity index (χ0) is 26.1. The highest BCUT2D eigenvalue weighted by atomic mass is 35.5. The van der Waals surface area contributed by atoms with E-state index in [2.05, 4.69) is 15.5 Å². The zero-order valence-electron chi connectivity index (χ0n) is 19.6. The Hall–Kier alpha value is -4.21. The van der Waals surface area contributed by atoms with Gasteiger partial charge in [-0.2, -0.15) is 5.10 Å². The first-order valence-electron chi connectivity index (χ1n) is 11.2. The number of nitrogens with zero attached hydrogens (tertiary/aromatic N) is 3. The van der Waals surface area contributed by atoms with E-state index >= 15 is 0 Å². The van der Waals surface area contributed by atoms with Crippen LogP contribution in [0, 0.1) is 0 Å². The topological polar surface area (TPSA) is 101 Å². The molecule has 188 valence electrons. The summed E-state index contributed by atoms with van der Waals surface area (Å²) in [4.78, 5) is 16.8. The molecule has 0 aliphatic heterocycles. The Kier molecular flexibility index (Phi) is 8.50. The lowest BCUT2D eigenvalue weighted by Gasteiger charge is -2.22. The number of benzene rings is 3. The van der Waals surface area contributed by atoms with Gasteiger partial charge in [-0.3, -0.25) is 4.79 Å². The first kappa shape index (κ1) is 25.9. The Bertz CT molecular complexity index is 1470. The summed E-state index contributed by atoms with van der Waals surface area (Å²) >= 11 is 5.99. The van der Waals surface area contributed by atoms with Gasteiger partial charge in [0.1, 0.15) is 24.7 Å². The summed E-state index contributed by atoms with van der Waals surface area (Å²) in [6.45, 7) is -0.120. The summed E-state index contributed by atoms with van der Waals surface area (Å²) in [5, 5.41) is 4.60. The molecule has 8 nitrogen and oxygen atoms in total. The zero-order valence-corrected chi connectivity index (χ0v) is 21.1. The third-order valence-corrected chi connectivity index (χ3v) is 7.10. The third-order valence-electron chi connectivity index (χ3n) is 5.10. The van der Waals surface area contributed by atoms with Crippen LogP contribution in [0.2, 0.25) is 5.02 Å². The molecule has 3 aromatic carbocycles. The van der Waals surface area contributed by atoms with E-state index in [0.717, 1.165) is 9.87 Å². The van der Waals surface area contributed by atoms with Crippen molar-refractivity contribution in [2.75, 3.05) is 10.8 Å². The van der Waals surface area contributed by atoms with Gasteiger partial charge in [0, 0.05) is 11.2 Å². The fraction of sp³-hybridized carbons (Fsp3) is 0.0741. The van der Waals surface area contributed by atoms with Gasteiger partial charge in [-0.25, -0.2) is 23.1 Å². The predicted octanol–water partition coefficient (Wildman–Crippen LogP) is 4.66. The smallest absolute Gasteiger partial charge is 0.265 e. The van der Waals surface area contributed by atoms with Crippen LogP contribution in [0.1, 0.15) is 11.1 Å². The number of ether oxygens (including phenoxy) is 1. The molecule has 0 atom stereocenters. The quantitative estimate of drug-likeness (QED) is 0.235. The number of aromatic nitrogens is 1. The summed E-state index contributed by atoms with van der Waals surface area (Å²) in [5.41, 5.74) is 4.04. The number of amides is 1. The predicted molar refractivity (Wildman–Crippen MR) is 143 cm³/mol. The highest BCUT2D eigenvalue weighted by Gasteiger charge is 2.27. The minimum absolute atomic E-state index is 0.0506. The third kappa shape index (κ3) is 7.16. The number of pyridine rings is 1. The van der Waals surface area contributed by atoms with E-state index in [-0.39, 0.29) is 10.7 Å². The molecule has 0 aliphatic carbocycles. The molecule has 0 bridgehead atoms. The molecular weight excluding hydrogens is 512 g/mol. The van der Waals surface area contributed by atoms with Crippen molar-refractivity contribution in [3.8, 4) is 5.75 Å². The molecule has 0 radical (unpaired) electrons. The molecule has 0 saturated heterocycles. The Balaban J connectivity index is 1.37. The first-order chi connectivity index (χ1) is 17.9. The Morgan fingerprint density at radius 2 is 1.73 bits per heavy atom. The SMILES string of the molecule is O=C(CN(c1ccccn1)S(=O)(=O)c1ccccc1)N/N=C\c1ccc(OCc2cccc(Cl)c2)cc1. The summed E-state index contributed by atoms with van der Waals surface area (Å²) < 4.78 is 33.1. The van der Waals surface area contributed by atoms with Gasteiger partial charge in [-0.05, 0) is 71.8 Å². The molecule has 0 unspecified atom stereocenters. The van der Waals surface area contributed by atoms with Gasteiger partial charge in [0.15, 0.2) is 0 Å². The molecule has 1 heterocycles. The minimum Gasteiger partial charge on any atom is -0.489 e. The maximum absolute atomic E-state index is 13.2. The number of nitrogens with one attached hydrogen (secondary N) is 1. The molecule has 37 heavy (non-hydrogen) atoms. The Labute approximate surface area is 220 Å². The monoisotopic (exact) mass is 534 g/mol. The molecule has 1 N–H and O–H groups in total. The second-order valence-electron chi connectivity index (χ2n) is 7.79. The highest BCUT2D eigenvalue weighted by Crippen LogP contribution is 2.21. The second-order valence-corrected chi connectivity index (χ2v) is 10.1. The van der Waals surface area contributed by atoms with Crippen LogP contribution >= 0.6 is 11.6 Å². The number of sulfonamides is 1. The number of hydrogen-bond donors (Lipinski definition) is 1. The average Bonchev–Trinajstić information content (AvgIpc) is 2.92. The Morgan fingerprint density at radius 1 is 0.973 bits per heavy atom. The van der Waals surface area contributed by atoms with Crippen LogP contribution in [-0.2, 0) is 21.4 Å². The van der Waals surface area contributed by atoms with Crippen molar-refractivity contribution in [1.29, 1.82) is 0 Å². The van der Waals surface area contributed by atoms with Gasteiger partial charge in [-0.15, -0.1) is 0 Å². The number of hydrazone groups is 1. The van der Waals surface area contributed by atoms with Crippen LogP contribution in [0.15, 0.2) is 113 Å². The molecule has 10 heteroatoms. The second kappa shape index (κ2) is 12.2. The normalized spacial score (nSPS) is 11.3. The number of carbonyl (C=O) groups is 1. The van der Waals surface area contributed by atoms with E-state index in [4.69, 9.17) is 16.3 Å². The largest absolute Gasteiger partial charge is 0.489 e. The molecule has 1 aromatic heterocycles. The molecule has 1 amide bonds. The van der Waals surface area contributed by atoms with E-state index in [1.165, 1.54) is 30.6 Å². The number of carbonyl (C=O) groups excluding carboxylic acids is 1. The van der Waals surface area contributed by atoms with Crippen molar-refractivity contribution in [3.63, 3.8) is 0 Å². The van der Waals surface area contributed by atoms with Crippen LogP contribution in [0.5, 0.6) is 5.75 Å². The van der Waals surface area contributed by atoms with E-state index in [1.54, 1.807) is 60.7 Å². The molecule has 0 saturated carbocycles. The lowest BCUT2D eigenvalue weighted by atomic mass is 10.2. The highest BCUT2D eigenvalue weighted by molar-refractivity contribution is 7.92. The van der Waals surface area contributed by atoms with E-state index < -0.39 is 22.5 Å². The summed E-state index contributed by atoms with van der Waals surface area (Å²) in [5.74, 6) is 0.167. The summed E-state index contributed by atoms with van der Waals surface area (Å²) in [6, 6.07) is 27.2. The summed E-state index contributed by atoms with van der Waals surface area (Å²) in [7, 11) is -4.02. The summed E-state index contributed by atoms with van der Waals surface area (Å²) in [6.07, 6.45) is 2.91. The van der Waals surface area contributed by atoms with Crippen molar-refractivity contribution in [2.45, 2.75) is 11.5 Å². The van der Waals surface area contributed by atoms with E-state index in [9.17, 15) is 13.2 Å². The lowest BCUT2D eigenvalue weighted by Crippen LogP contribution is -2.40. The maximum Gasteiger partial charge on any atom is 0.265 e. The first-order valence-corrected chi connectivity index (χ1v) is 13.0. The van der Waals surface area contributed by atoms with Gasteiger partial charge in [0.2, 0.25) is 0 Å². The molecule has 0 fully saturated rings. The number of hydrogen-bond acceptors (Lipinski definition) is 6. The Morgan fingerprint density at radius 3 is 2.43 bits per heavy atom.